The van der Waals surface area contributed by atoms with Crippen molar-refractivity contribution in [1.82, 2.24) is 4.57 Å². The summed E-state index contributed by atoms with van der Waals surface area (Å²) in [4.78, 5) is 13.5. The van der Waals surface area contributed by atoms with Crippen LogP contribution in [0.25, 0.3) is 0 Å². The number of nitrogens with zero attached hydrogens (tertiary/aromatic N) is 7. The molecule has 1 amide bonds. The number of imidazole rings is 1. The lowest BCUT2D eigenvalue weighted by molar-refractivity contribution is -0.657. The Morgan fingerprint density at radius 2 is 1.49 bits per heavy atom. The smallest absolute Gasteiger partial charge is 0.421 e. The van der Waals surface area contributed by atoms with Crippen molar-refractivity contribution < 1.29 is 31.3 Å². The van der Waals surface area contributed by atoms with Gasteiger partial charge in [0.1, 0.15) is 17.1 Å². The van der Waals surface area contributed by atoms with E-state index < -0.39 is 19.7 Å². The zero-order chi connectivity index (χ0) is 35.1. The summed E-state index contributed by atoms with van der Waals surface area (Å²) < 4.78 is 51.4. The van der Waals surface area contributed by atoms with Crippen LogP contribution in [-0.4, -0.2) is 59.0 Å². The molecule has 0 fully saturated rings. The summed E-state index contributed by atoms with van der Waals surface area (Å²) in [5, 5.41) is 28.8. The van der Waals surface area contributed by atoms with Crippen molar-refractivity contribution >= 4 is 60.0 Å². The monoisotopic (exact) mass is 683 g/mol. The number of aromatic nitrogens is 2. The molecule has 47 heavy (non-hydrogen) atoms. The second kappa shape index (κ2) is 15.1. The number of benzene rings is 3. The van der Waals surface area contributed by atoms with Crippen LogP contribution >= 0.6 is 0 Å². The number of phenolic OH excluding ortho intramolecular Hbond substituents is 1. The number of rotatable bonds is 9. The van der Waals surface area contributed by atoms with Crippen LogP contribution in [0.4, 0.5) is 34.4 Å². The number of azo groups is 2. The van der Waals surface area contributed by atoms with Gasteiger partial charge in [0.25, 0.3) is 0 Å². The predicted octanol–water partition coefficient (Wildman–Crippen LogP) is 5.54. The van der Waals surface area contributed by atoms with Gasteiger partial charge in [0, 0.05) is 43.3 Å². The third-order valence-corrected chi connectivity index (χ3v) is 8.80. The number of aryl methyl sites for hydroxylation is 2. The van der Waals surface area contributed by atoms with Gasteiger partial charge in [-0.25, -0.2) is 26.0 Å². The van der Waals surface area contributed by atoms with Crippen LogP contribution in [0, 0.1) is 5.92 Å². The van der Waals surface area contributed by atoms with Crippen molar-refractivity contribution in [3.63, 3.8) is 0 Å². The Hall–Kier alpha value is -4.96. The van der Waals surface area contributed by atoms with E-state index >= 15 is 0 Å². The maximum Gasteiger partial charge on any atom is 0.421 e. The minimum atomic E-state index is -3.78. The molecule has 0 aliphatic rings. The molecule has 4 aromatic rings. The van der Waals surface area contributed by atoms with Gasteiger partial charge in [0.15, 0.2) is 19.7 Å². The van der Waals surface area contributed by atoms with Crippen LogP contribution in [0.2, 0.25) is 0 Å². The fourth-order valence-electron chi connectivity index (χ4n) is 3.82. The molecular weight excluding hydrogens is 645 g/mol. The Bertz CT molecular complexity index is 2000. The lowest BCUT2D eigenvalue weighted by Crippen LogP contribution is -2.25. The zero-order valence-electron chi connectivity index (χ0n) is 27.4. The number of aromatic hydroxyl groups is 1. The van der Waals surface area contributed by atoms with E-state index in [9.17, 15) is 26.7 Å². The molecule has 0 saturated carbocycles. The van der Waals surface area contributed by atoms with Crippen molar-refractivity contribution in [2.45, 2.75) is 23.6 Å². The van der Waals surface area contributed by atoms with Gasteiger partial charge in [-0.3, -0.25) is 4.79 Å². The van der Waals surface area contributed by atoms with E-state index in [-0.39, 0.29) is 44.4 Å². The Balaban J connectivity index is 0.000000284. The fourth-order valence-corrected chi connectivity index (χ4v) is 5.37. The maximum atomic E-state index is 12.1. The van der Waals surface area contributed by atoms with Crippen molar-refractivity contribution in [2.24, 2.45) is 40.5 Å². The normalized spacial score (nSPS) is 11.9. The second-order valence-corrected chi connectivity index (χ2v) is 15.1. The van der Waals surface area contributed by atoms with Crippen molar-refractivity contribution in [2.75, 3.05) is 36.8 Å². The highest BCUT2D eigenvalue weighted by molar-refractivity contribution is 7.91. The molecule has 0 aliphatic heterocycles. The van der Waals surface area contributed by atoms with Crippen LogP contribution < -0.4 is 14.8 Å². The van der Waals surface area contributed by atoms with Gasteiger partial charge in [-0.2, -0.15) is 5.11 Å². The summed E-state index contributed by atoms with van der Waals surface area (Å²) >= 11 is 0. The zero-order valence-corrected chi connectivity index (χ0v) is 29.1. The Kier molecular flexibility index (Phi) is 11.7. The average Bonchev–Trinajstić information content (AvgIpc) is 3.32. The first-order valence-corrected chi connectivity index (χ1v) is 17.9. The number of hydrogen-bond donors (Lipinski definition) is 2. The highest BCUT2D eigenvalue weighted by Gasteiger charge is 2.18. The molecule has 0 atom stereocenters. The van der Waals surface area contributed by atoms with Crippen molar-refractivity contribution in [3.8, 4) is 5.75 Å². The number of carbonyl (C=O) groups is 1. The SMILES string of the molecule is CC(C)C(=O)Nc1cc(N=Nc2ccc(S(C)(=O)=O)cc2S(C)(=O)=O)ccc1O.CN(C)c1ccc(N=Nc2n(C)cc[n+]2C)cc1. The quantitative estimate of drug-likeness (QED) is 0.132. The second-order valence-electron chi connectivity index (χ2n) is 11.2. The largest absolute Gasteiger partial charge is 0.506 e. The average molecular weight is 684 g/mol. The summed E-state index contributed by atoms with van der Waals surface area (Å²) in [6, 6.07) is 15.6. The molecule has 0 spiro atoms. The Labute approximate surface area is 275 Å². The number of hydrogen-bond acceptors (Lipinski definition) is 11. The van der Waals surface area contributed by atoms with E-state index in [1.165, 1.54) is 30.3 Å². The molecule has 2 N–H and O–H groups in total. The van der Waals surface area contributed by atoms with Gasteiger partial charge in [0.05, 0.1) is 47.7 Å². The topological polar surface area (TPSA) is 179 Å². The number of phenols is 1. The summed E-state index contributed by atoms with van der Waals surface area (Å²) in [6.45, 7) is 3.39. The van der Waals surface area contributed by atoms with E-state index in [0.29, 0.717) is 0 Å². The number of carbonyl (C=O) groups excluding carboxylic acids is 1. The van der Waals surface area contributed by atoms with Gasteiger partial charge >= 0.3 is 5.95 Å². The van der Waals surface area contributed by atoms with Gasteiger partial charge < -0.3 is 15.3 Å². The molecule has 1 aromatic heterocycles. The first-order chi connectivity index (χ1) is 21.9. The lowest BCUT2D eigenvalue weighted by Gasteiger charge is -2.11. The first kappa shape index (κ1) is 36.5. The molecule has 0 radical (unpaired) electrons. The summed E-state index contributed by atoms with van der Waals surface area (Å²) in [5.41, 5.74) is 2.34. The standard InChI is InChI=1S/C18H21N3O6S2.C13H18N5/c1-11(2)18(23)19-15-9-12(5-8-16(15)22)20-21-14-7-6-13(28(3,24)25)10-17(14)29(4,26)27;1-16(2)12-7-5-11(6-8-12)14-15-13-17(3)9-10-18(13)4/h5-11,22H,1-4H3,(H,19,23);5-10H,1-4H3/q;+1. The predicted molar refractivity (Wildman–Crippen MR) is 180 cm³/mol. The van der Waals surface area contributed by atoms with Crippen LogP contribution in [-0.2, 0) is 38.6 Å². The fraction of sp³-hybridized carbons (Fsp3) is 0.290. The number of nitrogens with one attached hydrogen (secondary N) is 1. The van der Waals surface area contributed by atoms with Gasteiger partial charge in [0.2, 0.25) is 5.91 Å². The Morgan fingerprint density at radius 3 is 2.02 bits per heavy atom. The number of anilines is 2. The third kappa shape index (κ3) is 10.3. The van der Waals surface area contributed by atoms with Crippen molar-refractivity contribution in [3.05, 3.63) is 73.1 Å². The molecular formula is C31H39N8O6S2+. The molecule has 16 heteroatoms. The molecule has 0 saturated heterocycles. The minimum Gasteiger partial charge on any atom is -0.506 e. The molecule has 4 rings (SSSR count). The van der Waals surface area contributed by atoms with E-state index in [1.54, 1.807) is 13.8 Å². The lowest BCUT2D eigenvalue weighted by atomic mass is 10.2. The minimum absolute atomic E-state index is 0.0410. The number of sulfone groups is 2. The summed E-state index contributed by atoms with van der Waals surface area (Å²) in [6.07, 6.45) is 5.81. The number of amides is 1. The van der Waals surface area contributed by atoms with E-state index in [2.05, 4.69) is 30.7 Å². The van der Waals surface area contributed by atoms with Crippen LogP contribution in [0.5, 0.6) is 5.75 Å². The maximum absolute atomic E-state index is 12.1. The van der Waals surface area contributed by atoms with Crippen LogP contribution in [0.3, 0.4) is 0 Å². The van der Waals surface area contributed by atoms with Gasteiger partial charge in [-0.1, -0.05) is 19.0 Å². The van der Waals surface area contributed by atoms with E-state index in [4.69, 9.17) is 0 Å². The Morgan fingerprint density at radius 1 is 0.872 bits per heavy atom. The molecule has 3 aromatic carbocycles. The van der Waals surface area contributed by atoms with Gasteiger partial charge in [-0.05, 0) is 60.7 Å². The van der Waals surface area contributed by atoms with Crippen molar-refractivity contribution in [1.29, 1.82) is 0 Å². The van der Waals surface area contributed by atoms with E-state index in [1.807, 2.05) is 74.0 Å². The molecule has 0 unspecified atom stereocenters. The third-order valence-electron chi connectivity index (χ3n) is 6.56. The van der Waals surface area contributed by atoms with Crippen LogP contribution in [0.15, 0.2) is 103 Å². The molecule has 0 bridgehead atoms. The summed E-state index contributed by atoms with van der Waals surface area (Å²) in [5.74, 6) is 0.0504. The van der Waals surface area contributed by atoms with E-state index in [0.717, 1.165) is 35.9 Å². The molecule has 14 nitrogen and oxygen atoms in total. The van der Waals surface area contributed by atoms with Gasteiger partial charge in [-0.15, -0.1) is 5.11 Å². The van der Waals surface area contributed by atoms with Crippen LogP contribution in [0.1, 0.15) is 13.8 Å². The molecule has 0 aliphatic carbocycles. The molecule has 250 valence electrons. The highest BCUT2D eigenvalue weighted by Crippen LogP contribution is 2.32. The first-order valence-electron chi connectivity index (χ1n) is 14.2. The highest BCUT2D eigenvalue weighted by atomic mass is 32.2. The molecule has 1 heterocycles. The summed E-state index contributed by atoms with van der Waals surface area (Å²) in [7, 11) is 0.545.